The number of rotatable bonds is 4. The minimum atomic E-state index is -1.09. The van der Waals surface area contributed by atoms with Crippen molar-refractivity contribution >= 4 is 23.4 Å². The number of aromatic carboxylic acids is 1. The molecule has 0 radical (unpaired) electrons. The third-order valence-corrected chi connectivity index (χ3v) is 4.37. The SMILES string of the molecule is O=C(Nc1cnc(N2CCCCCC2)c(C(=O)O)c1)c1ccc(F)cc1. The molecule has 1 aromatic heterocycles. The number of pyridine rings is 1. The lowest BCUT2D eigenvalue weighted by Crippen LogP contribution is -2.27. The molecule has 0 atom stereocenters. The molecule has 0 aliphatic carbocycles. The maximum atomic E-state index is 13.0. The van der Waals surface area contributed by atoms with Gasteiger partial charge in [-0.3, -0.25) is 4.79 Å². The molecule has 0 spiro atoms. The van der Waals surface area contributed by atoms with Crippen LogP contribution in [0.25, 0.3) is 0 Å². The lowest BCUT2D eigenvalue weighted by Gasteiger charge is -2.23. The Morgan fingerprint density at radius 2 is 1.73 bits per heavy atom. The van der Waals surface area contributed by atoms with E-state index >= 15 is 0 Å². The minimum Gasteiger partial charge on any atom is -0.478 e. The molecule has 0 saturated carbocycles. The fourth-order valence-electron chi connectivity index (χ4n) is 3.02. The van der Waals surface area contributed by atoms with Crippen LogP contribution in [0, 0.1) is 5.82 Å². The fraction of sp³-hybridized carbons (Fsp3) is 0.316. The highest BCUT2D eigenvalue weighted by Gasteiger charge is 2.20. The molecule has 1 aliphatic rings. The molecule has 1 saturated heterocycles. The van der Waals surface area contributed by atoms with Crippen molar-refractivity contribution in [3.63, 3.8) is 0 Å². The van der Waals surface area contributed by atoms with E-state index in [0.29, 0.717) is 5.82 Å². The number of hydrogen-bond acceptors (Lipinski definition) is 4. The zero-order chi connectivity index (χ0) is 18.5. The maximum Gasteiger partial charge on any atom is 0.339 e. The second kappa shape index (κ2) is 7.95. The molecule has 1 fully saturated rings. The van der Waals surface area contributed by atoms with Gasteiger partial charge in [-0.05, 0) is 43.2 Å². The Bertz CT molecular complexity index is 800. The number of hydrogen-bond donors (Lipinski definition) is 2. The zero-order valence-electron chi connectivity index (χ0n) is 14.2. The molecule has 7 heteroatoms. The van der Waals surface area contributed by atoms with Gasteiger partial charge >= 0.3 is 5.97 Å². The average molecular weight is 357 g/mol. The number of carbonyl (C=O) groups excluding carboxylic acids is 1. The van der Waals surface area contributed by atoms with Crippen molar-refractivity contribution in [3.8, 4) is 0 Å². The Balaban J connectivity index is 1.82. The summed E-state index contributed by atoms with van der Waals surface area (Å²) in [5, 5.41) is 12.2. The monoisotopic (exact) mass is 357 g/mol. The summed E-state index contributed by atoms with van der Waals surface area (Å²) in [6, 6.07) is 6.52. The number of carbonyl (C=O) groups is 2. The number of halogens is 1. The summed E-state index contributed by atoms with van der Waals surface area (Å²) in [7, 11) is 0. The van der Waals surface area contributed by atoms with Gasteiger partial charge in [0, 0.05) is 18.7 Å². The lowest BCUT2D eigenvalue weighted by atomic mass is 10.2. The van der Waals surface area contributed by atoms with Crippen molar-refractivity contribution < 1.29 is 19.1 Å². The van der Waals surface area contributed by atoms with E-state index in [9.17, 15) is 19.1 Å². The highest BCUT2D eigenvalue weighted by atomic mass is 19.1. The number of carboxylic acid groups (broad SMARTS) is 1. The second-order valence-corrected chi connectivity index (χ2v) is 6.26. The molecule has 1 aromatic carbocycles. The Labute approximate surface area is 150 Å². The lowest BCUT2D eigenvalue weighted by molar-refractivity contribution is 0.0696. The first-order chi connectivity index (χ1) is 12.5. The minimum absolute atomic E-state index is 0.0591. The largest absolute Gasteiger partial charge is 0.478 e. The van der Waals surface area contributed by atoms with E-state index in [1.165, 1.54) is 36.5 Å². The summed E-state index contributed by atoms with van der Waals surface area (Å²) in [4.78, 5) is 30.2. The van der Waals surface area contributed by atoms with Crippen LogP contribution in [0.15, 0.2) is 36.5 Å². The van der Waals surface area contributed by atoms with Crippen molar-refractivity contribution in [3.05, 3.63) is 53.5 Å². The first-order valence-corrected chi connectivity index (χ1v) is 8.60. The summed E-state index contributed by atoms with van der Waals surface area (Å²) in [5.41, 5.74) is 0.624. The van der Waals surface area contributed by atoms with Crippen LogP contribution >= 0.6 is 0 Å². The van der Waals surface area contributed by atoms with Gasteiger partial charge in [-0.15, -0.1) is 0 Å². The molecule has 0 bridgehead atoms. The fourth-order valence-corrected chi connectivity index (χ4v) is 3.02. The van der Waals surface area contributed by atoms with E-state index in [1.54, 1.807) is 0 Å². The maximum absolute atomic E-state index is 13.0. The Kier molecular flexibility index (Phi) is 5.46. The van der Waals surface area contributed by atoms with Crippen molar-refractivity contribution in [2.45, 2.75) is 25.7 Å². The van der Waals surface area contributed by atoms with E-state index in [4.69, 9.17) is 0 Å². The third kappa shape index (κ3) is 4.17. The van der Waals surface area contributed by atoms with Crippen LogP contribution in [0.4, 0.5) is 15.9 Å². The van der Waals surface area contributed by atoms with Crippen molar-refractivity contribution in [2.24, 2.45) is 0 Å². The number of nitrogens with zero attached hydrogens (tertiary/aromatic N) is 2. The smallest absolute Gasteiger partial charge is 0.339 e. The Morgan fingerprint density at radius 1 is 1.08 bits per heavy atom. The number of nitrogens with one attached hydrogen (secondary N) is 1. The van der Waals surface area contributed by atoms with Crippen molar-refractivity contribution in [1.82, 2.24) is 4.98 Å². The highest BCUT2D eigenvalue weighted by molar-refractivity contribution is 6.05. The molecule has 1 amide bonds. The molecule has 6 nitrogen and oxygen atoms in total. The molecule has 26 heavy (non-hydrogen) atoms. The van der Waals surface area contributed by atoms with E-state index in [-0.39, 0.29) is 16.8 Å². The van der Waals surface area contributed by atoms with Gasteiger partial charge in [0.25, 0.3) is 5.91 Å². The molecule has 0 unspecified atom stereocenters. The second-order valence-electron chi connectivity index (χ2n) is 6.26. The topological polar surface area (TPSA) is 82.5 Å². The molecule has 1 aliphatic heterocycles. The van der Waals surface area contributed by atoms with Crippen LogP contribution in [0.2, 0.25) is 0 Å². The van der Waals surface area contributed by atoms with Gasteiger partial charge in [-0.2, -0.15) is 0 Å². The van der Waals surface area contributed by atoms with Crippen LogP contribution < -0.4 is 10.2 Å². The van der Waals surface area contributed by atoms with Crippen molar-refractivity contribution in [1.29, 1.82) is 0 Å². The normalized spacial score (nSPS) is 14.6. The molecule has 2 heterocycles. The average Bonchev–Trinajstić information content (AvgIpc) is 2.91. The first kappa shape index (κ1) is 17.8. The summed E-state index contributed by atoms with van der Waals surface area (Å²) < 4.78 is 13.0. The predicted octanol–water partition coefficient (Wildman–Crippen LogP) is 3.55. The summed E-state index contributed by atoms with van der Waals surface area (Å²) in [5.74, 6) is -1.54. The summed E-state index contributed by atoms with van der Waals surface area (Å²) in [6.07, 6.45) is 5.72. The van der Waals surface area contributed by atoms with Crippen molar-refractivity contribution in [2.75, 3.05) is 23.3 Å². The van der Waals surface area contributed by atoms with Gasteiger partial charge in [0.2, 0.25) is 0 Å². The molecule has 3 rings (SSSR count). The summed E-state index contributed by atoms with van der Waals surface area (Å²) >= 11 is 0. The van der Waals surface area contributed by atoms with Crippen LogP contribution in [0.1, 0.15) is 46.4 Å². The summed E-state index contributed by atoms with van der Waals surface area (Å²) in [6.45, 7) is 1.54. The standard InChI is InChI=1S/C19H20FN3O3/c20-14-7-5-13(6-8-14)18(24)22-15-11-16(19(25)26)17(21-12-15)23-9-3-1-2-4-10-23/h5-8,11-12H,1-4,9-10H2,(H,22,24)(H,25,26). The van der Waals surface area contributed by atoms with E-state index in [1.807, 2.05) is 4.90 Å². The van der Waals surface area contributed by atoms with Crippen LogP contribution in [-0.4, -0.2) is 35.1 Å². The van der Waals surface area contributed by atoms with Gasteiger partial charge in [-0.25, -0.2) is 14.2 Å². The molecular weight excluding hydrogens is 337 g/mol. The van der Waals surface area contributed by atoms with Gasteiger partial charge in [0.15, 0.2) is 0 Å². The molecular formula is C19H20FN3O3. The van der Waals surface area contributed by atoms with Gasteiger partial charge in [-0.1, -0.05) is 12.8 Å². The van der Waals surface area contributed by atoms with Crippen LogP contribution in [-0.2, 0) is 0 Å². The number of benzene rings is 1. The predicted molar refractivity (Wildman–Crippen MR) is 96.2 cm³/mol. The quantitative estimate of drug-likeness (QED) is 0.874. The van der Waals surface area contributed by atoms with Crippen LogP contribution in [0.3, 0.4) is 0 Å². The molecule has 2 N–H and O–H groups in total. The zero-order valence-corrected chi connectivity index (χ0v) is 14.2. The molecule has 2 aromatic rings. The first-order valence-electron chi connectivity index (χ1n) is 8.60. The number of anilines is 2. The number of aromatic nitrogens is 1. The number of carboxylic acids is 1. The van der Waals surface area contributed by atoms with Gasteiger partial charge in [0.1, 0.15) is 17.2 Å². The number of amides is 1. The highest BCUT2D eigenvalue weighted by Crippen LogP contribution is 2.24. The third-order valence-electron chi connectivity index (χ3n) is 4.37. The molecule has 136 valence electrons. The van der Waals surface area contributed by atoms with Gasteiger partial charge < -0.3 is 15.3 Å². The van der Waals surface area contributed by atoms with E-state index in [2.05, 4.69) is 10.3 Å². The van der Waals surface area contributed by atoms with E-state index in [0.717, 1.165) is 38.8 Å². The Morgan fingerprint density at radius 3 is 2.35 bits per heavy atom. The Hall–Kier alpha value is -2.96. The van der Waals surface area contributed by atoms with Gasteiger partial charge in [0.05, 0.1) is 11.9 Å². The van der Waals surface area contributed by atoms with E-state index < -0.39 is 17.7 Å². The van der Waals surface area contributed by atoms with Crippen LogP contribution in [0.5, 0.6) is 0 Å².